The van der Waals surface area contributed by atoms with Gasteiger partial charge in [0.2, 0.25) is 5.91 Å². The number of halogens is 1. The lowest BCUT2D eigenvalue weighted by molar-refractivity contribution is -0.135. The molecule has 2 heterocycles. The van der Waals surface area contributed by atoms with Crippen LogP contribution in [0.2, 0.25) is 5.02 Å². The van der Waals surface area contributed by atoms with E-state index in [0.29, 0.717) is 28.0 Å². The molecule has 2 aromatic rings. The molecule has 3 rings (SSSR count). The van der Waals surface area contributed by atoms with E-state index in [2.05, 4.69) is 16.0 Å². The lowest BCUT2D eigenvalue weighted by atomic mass is 9.91. The third kappa shape index (κ3) is 5.55. The first kappa shape index (κ1) is 26.8. The standard InChI is InChI=1S/C24H31ClN4O5S/c1-23(2,3)17-13-14(20(31)29-11-10-26-21(32)24(29,4)9-12-30)19(35-17)28-22(33)27-16-8-6-7-15(25)18(16)34-5/h6-8,13,30H,9-12H2,1-5H3,(H,26,32)(H2,27,28,33). The van der Waals surface area contributed by atoms with Crippen molar-refractivity contribution in [3.8, 4) is 5.75 Å². The van der Waals surface area contributed by atoms with Gasteiger partial charge in [0.1, 0.15) is 10.5 Å². The fourth-order valence-corrected chi connectivity index (χ4v) is 5.22. The maximum absolute atomic E-state index is 13.7. The second kappa shape index (κ2) is 10.4. The molecule has 0 saturated carbocycles. The maximum atomic E-state index is 13.7. The first-order chi connectivity index (χ1) is 16.4. The van der Waals surface area contributed by atoms with Crippen LogP contribution in [0.5, 0.6) is 5.75 Å². The van der Waals surface area contributed by atoms with Crippen LogP contribution in [0.25, 0.3) is 0 Å². The van der Waals surface area contributed by atoms with Gasteiger partial charge in [-0.1, -0.05) is 38.4 Å². The molecule has 1 saturated heterocycles. The van der Waals surface area contributed by atoms with Crippen molar-refractivity contribution in [3.05, 3.63) is 39.7 Å². The summed E-state index contributed by atoms with van der Waals surface area (Å²) in [5.74, 6) is -0.391. The highest BCUT2D eigenvalue weighted by atomic mass is 35.5. The smallest absolute Gasteiger partial charge is 0.324 e. The summed E-state index contributed by atoms with van der Waals surface area (Å²) in [4.78, 5) is 41.7. The Bertz CT molecular complexity index is 1130. The summed E-state index contributed by atoms with van der Waals surface area (Å²) in [5.41, 5.74) is -0.824. The Morgan fingerprint density at radius 1 is 1.31 bits per heavy atom. The highest BCUT2D eigenvalue weighted by Gasteiger charge is 2.45. The van der Waals surface area contributed by atoms with Crippen molar-refractivity contribution in [2.24, 2.45) is 0 Å². The molecule has 0 aliphatic carbocycles. The number of piperazine rings is 1. The van der Waals surface area contributed by atoms with E-state index in [-0.39, 0.29) is 36.5 Å². The summed E-state index contributed by atoms with van der Waals surface area (Å²) in [5, 5.41) is 18.5. The van der Waals surface area contributed by atoms with E-state index in [4.69, 9.17) is 16.3 Å². The van der Waals surface area contributed by atoms with Crippen molar-refractivity contribution in [2.75, 3.05) is 37.4 Å². The predicted molar refractivity (Wildman–Crippen MR) is 138 cm³/mol. The number of aliphatic hydroxyl groups is 1. The molecule has 1 aliphatic heterocycles. The zero-order chi connectivity index (χ0) is 26.0. The van der Waals surface area contributed by atoms with Gasteiger partial charge in [-0.3, -0.25) is 14.9 Å². The van der Waals surface area contributed by atoms with Crippen LogP contribution in [0.4, 0.5) is 15.5 Å². The van der Waals surface area contributed by atoms with Crippen molar-refractivity contribution < 1.29 is 24.2 Å². The van der Waals surface area contributed by atoms with E-state index < -0.39 is 17.5 Å². The average molecular weight is 523 g/mol. The van der Waals surface area contributed by atoms with Gasteiger partial charge in [-0.05, 0) is 30.5 Å². The van der Waals surface area contributed by atoms with Gasteiger partial charge in [-0.15, -0.1) is 11.3 Å². The minimum atomic E-state index is -1.21. The Kier molecular flexibility index (Phi) is 7.98. The fraction of sp³-hybridized carbons (Fsp3) is 0.458. The van der Waals surface area contributed by atoms with Crippen LogP contribution in [0.1, 0.15) is 49.4 Å². The molecule has 1 unspecified atom stereocenters. The number of anilines is 2. The van der Waals surface area contributed by atoms with Gasteiger partial charge < -0.3 is 25.4 Å². The number of thiophene rings is 1. The highest BCUT2D eigenvalue weighted by molar-refractivity contribution is 7.16. The minimum absolute atomic E-state index is 0.0959. The molecule has 1 aromatic heterocycles. The van der Waals surface area contributed by atoms with Crippen LogP contribution in [0, 0.1) is 0 Å². The third-order valence-corrected chi connectivity index (χ3v) is 7.67. The van der Waals surface area contributed by atoms with E-state index in [1.165, 1.54) is 23.3 Å². The number of para-hydroxylation sites is 1. The van der Waals surface area contributed by atoms with Crippen LogP contribution < -0.4 is 20.7 Å². The van der Waals surface area contributed by atoms with Gasteiger partial charge in [0.05, 0.1) is 23.4 Å². The summed E-state index contributed by atoms with van der Waals surface area (Å²) in [6.07, 6.45) is 0.0959. The zero-order valence-corrected chi connectivity index (χ0v) is 22.0. The number of nitrogens with zero attached hydrogens (tertiary/aromatic N) is 1. The number of amides is 4. The first-order valence-electron chi connectivity index (χ1n) is 11.2. The van der Waals surface area contributed by atoms with Gasteiger partial charge in [0, 0.05) is 31.0 Å². The Labute approximate surface area is 213 Å². The maximum Gasteiger partial charge on any atom is 0.324 e. The Balaban J connectivity index is 1.95. The fourth-order valence-electron chi connectivity index (χ4n) is 3.86. The number of benzene rings is 1. The molecule has 4 amide bonds. The number of ether oxygens (including phenoxy) is 1. The summed E-state index contributed by atoms with van der Waals surface area (Å²) in [6, 6.07) is 6.16. The van der Waals surface area contributed by atoms with Crippen LogP contribution in [-0.4, -0.2) is 60.2 Å². The predicted octanol–water partition coefficient (Wildman–Crippen LogP) is 4.06. The van der Waals surface area contributed by atoms with Gasteiger partial charge >= 0.3 is 6.03 Å². The second-order valence-electron chi connectivity index (χ2n) is 9.46. The number of carbonyl (C=O) groups excluding carboxylic acids is 3. The second-order valence-corrected chi connectivity index (χ2v) is 10.9. The molecule has 11 heteroatoms. The summed E-state index contributed by atoms with van der Waals surface area (Å²) in [6.45, 7) is 8.01. The number of hydrogen-bond acceptors (Lipinski definition) is 6. The van der Waals surface area contributed by atoms with Crippen molar-refractivity contribution in [1.82, 2.24) is 10.2 Å². The molecule has 1 aliphatic rings. The van der Waals surface area contributed by atoms with E-state index >= 15 is 0 Å². The lowest BCUT2D eigenvalue weighted by Crippen LogP contribution is -2.65. The third-order valence-electron chi connectivity index (χ3n) is 5.90. The quantitative estimate of drug-likeness (QED) is 0.456. The molecule has 1 aromatic carbocycles. The Morgan fingerprint density at radius 2 is 2.03 bits per heavy atom. The van der Waals surface area contributed by atoms with Crippen molar-refractivity contribution in [2.45, 2.75) is 45.1 Å². The van der Waals surface area contributed by atoms with Crippen LogP contribution in [-0.2, 0) is 10.2 Å². The molecule has 9 nitrogen and oxygen atoms in total. The number of methoxy groups -OCH3 is 1. The average Bonchev–Trinajstić information content (AvgIpc) is 3.20. The molecule has 4 N–H and O–H groups in total. The number of aliphatic hydroxyl groups excluding tert-OH is 1. The van der Waals surface area contributed by atoms with E-state index in [9.17, 15) is 19.5 Å². The van der Waals surface area contributed by atoms with E-state index in [1.807, 2.05) is 20.8 Å². The molecule has 190 valence electrons. The molecule has 0 bridgehead atoms. The largest absolute Gasteiger partial charge is 0.493 e. The van der Waals surface area contributed by atoms with Gasteiger partial charge in [-0.25, -0.2) is 4.79 Å². The molecule has 1 atom stereocenters. The van der Waals surface area contributed by atoms with Gasteiger partial charge in [-0.2, -0.15) is 0 Å². The van der Waals surface area contributed by atoms with Crippen LogP contribution in [0.15, 0.2) is 24.3 Å². The number of carbonyl (C=O) groups is 3. The van der Waals surface area contributed by atoms with E-state index in [1.54, 1.807) is 31.2 Å². The molecule has 0 spiro atoms. The number of nitrogens with one attached hydrogen (secondary N) is 3. The van der Waals surface area contributed by atoms with Gasteiger partial charge in [0.25, 0.3) is 5.91 Å². The topological polar surface area (TPSA) is 120 Å². The van der Waals surface area contributed by atoms with Crippen molar-refractivity contribution in [3.63, 3.8) is 0 Å². The summed E-state index contributed by atoms with van der Waals surface area (Å²) >= 11 is 7.45. The van der Waals surface area contributed by atoms with E-state index in [0.717, 1.165) is 4.88 Å². The Morgan fingerprint density at radius 3 is 2.66 bits per heavy atom. The van der Waals surface area contributed by atoms with Gasteiger partial charge in [0.15, 0.2) is 5.75 Å². The molecular weight excluding hydrogens is 492 g/mol. The number of rotatable bonds is 6. The summed E-state index contributed by atoms with van der Waals surface area (Å²) in [7, 11) is 1.45. The lowest BCUT2D eigenvalue weighted by Gasteiger charge is -2.43. The SMILES string of the molecule is COc1c(Cl)cccc1NC(=O)Nc1sc(C(C)(C)C)cc1C(=O)N1CCNC(=O)C1(C)CCO. The normalized spacial score (nSPS) is 18.1. The Hall–Kier alpha value is -2.82. The highest BCUT2D eigenvalue weighted by Crippen LogP contribution is 2.38. The number of hydrogen-bond donors (Lipinski definition) is 4. The summed E-state index contributed by atoms with van der Waals surface area (Å²) < 4.78 is 5.28. The van der Waals surface area contributed by atoms with Crippen molar-refractivity contribution in [1.29, 1.82) is 0 Å². The molecule has 1 fully saturated rings. The number of urea groups is 1. The van der Waals surface area contributed by atoms with Crippen LogP contribution >= 0.6 is 22.9 Å². The molecular formula is C24H31ClN4O5S. The monoisotopic (exact) mass is 522 g/mol. The minimum Gasteiger partial charge on any atom is -0.493 e. The first-order valence-corrected chi connectivity index (χ1v) is 12.4. The van der Waals surface area contributed by atoms with Crippen LogP contribution in [0.3, 0.4) is 0 Å². The van der Waals surface area contributed by atoms with Crippen molar-refractivity contribution >= 4 is 51.5 Å². The zero-order valence-electron chi connectivity index (χ0n) is 20.5. The molecule has 0 radical (unpaired) electrons. The molecule has 35 heavy (non-hydrogen) atoms.